The van der Waals surface area contributed by atoms with Crippen molar-refractivity contribution in [2.75, 3.05) is 5.32 Å². The molecule has 0 atom stereocenters. The minimum atomic E-state index is -0.513. The van der Waals surface area contributed by atoms with Crippen LogP contribution in [0.1, 0.15) is 6.92 Å². The lowest BCUT2D eigenvalue weighted by Crippen LogP contribution is -2.28. The van der Waals surface area contributed by atoms with Gasteiger partial charge in [-0.3, -0.25) is 9.79 Å². The van der Waals surface area contributed by atoms with Crippen molar-refractivity contribution in [3.8, 4) is 0 Å². The molecule has 1 amide bonds. The smallest absolute Gasteiger partial charge is 0.279 e. The molecule has 0 aliphatic rings. The molecule has 5 nitrogen and oxygen atoms in total. The maximum Gasteiger partial charge on any atom is 0.279 e. The lowest BCUT2D eigenvalue weighted by Gasteiger charge is -2.06. The topological polar surface area (TPSA) is 74.0 Å². The predicted molar refractivity (Wildman–Crippen MR) is 83.5 cm³/mol. The number of hydrogen-bond donors (Lipinski definition) is 2. The number of hydrogen-bond acceptors (Lipinski definition) is 4. The van der Waals surface area contributed by atoms with Crippen molar-refractivity contribution in [1.82, 2.24) is 0 Å². The number of anilines is 1. The fourth-order valence-electron chi connectivity index (χ4n) is 1.74. The summed E-state index contributed by atoms with van der Waals surface area (Å²) in [6.07, 6.45) is 0. The molecule has 2 aromatic rings. The highest BCUT2D eigenvalue weighted by Crippen LogP contribution is 2.11. The van der Waals surface area contributed by atoms with E-state index >= 15 is 0 Å². The normalized spacial score (nSPS) is 12.0. The number of rotatable bonds is 4. The molecular formula is C16H15N3O2. The van der Waals surface area contributed by atoms with Crippen LogP contribution in [0.4, 0.5) is 11.4 Å². The van der Waals surface area contributed by atoms with E-state index in [1.54, 1.807) is 43.3 Å². The van der Waals surface area contributed by atoms with Crippen LogP contribution in [0, 0.1) is 0 Å². The lowest BCUT2D eigenvalue weighted by atomic mass is 10.2. The summed E-state index contributed by atoms with van der Waals surface area (Å²) in [4.78, 5) is 16.4. The van der Waals surface area contributed by atoms with Crippen molar-refractivity contribution in [2.24, 2.45) is 10.1 Å². The molecule has 21 heavy (non-hydrogen) atoms. The van der Waals surface area contributed by atoms with E-state index in [1.165, 1.54) is 0 Å². The molecule has 0 radical (unpaired) electrons. The van der Waals surface area contributed by atoms with Gasteiger partial charge in [0.2, 0.25) is 0 Å². The summed E-state index contributed by atoms with van der Waals surface area (Å²) >= 11 is 0. The third-order valence-corrected chi connectivity index (χ3v) is 2.74. The standard InChI is InChI=1S/C16H15N3O2/c1-12(17-13-8-4-2-5-9-13)15(19-21)16(20)18-14-10-6-3-7-11-14/h2-11,21H,1H3,(H,18,20)/b17-12?,19-15-. The summed E-state index contributed by atoms with van der Waals surface area (Å²) in [5, 5.41) is 14.8. The van der Waals surface area contributed by atoms with Crippen molar-refractivity contribution < 1.29 is 10.0 Å². The van der Waals surface area contributed by atoms with Crippen LogP contribution < -0.4 is 5.32 Å². The molecule has 2 rings (SSSR count). The molecule has 0 fully saturated rings. The Morgan fingerprint density at radius 2 is 1.57 bits per heavy atom. The second-order valence-electron chi connectivity index (χ2n) is 4.30. The van der Waals surface area contributed by atoms with Gasteiger partial charge in [0.1, 0.15) is 0 Å². The predicted octanol–water partition coefficient (Wildman–Crippen LogP) is 3.25. The number of carbonyl (C=O) groups is 1. The number of carbonyl (C=O) groups excluding carboxylic acids is 1. The molecule has 0 unspecified atom stereocenters. The highest BCUT2D eigenvalue weighted by atomic mass is 16.4. The van der Waals surface area contributed by atoms with E-state index in [-0.39, 0.29) is 5.71 Å². The summed E-state index contributed by atoms with van der Waals surface area (Å²) in [6.45, 7) is 1.62. The van der Waals surface area contributed by atoms with Gasteiger partial charge in [-0.25, -0.2) is 0 Å². The lowest BCUT2D eigenvalue weighted by molar-refractivity contribution is -0.110. The molecule has 5 heteroatoms. The first-order chi connectivity index (χ1) is 10.2. The highest BCUT2D eigenvalue weighted by molar-refractivity contribution is 6.68. The number of oxime groups is 1. The summed E-state index contributed by atoms with van der Waals surface area (Å²) in [6, 6.07) is 18.1. The monoisotopic (exact) mass is 281 g/mol. The van der Waals surface area contributed by atoms with Crippen molar-refractivity contribution in [3.63, 3.8) is 0 Å². The van der Waals surface area contributed by atoms with Crippen LogP contribution >= 0.6 is 0 Å². The van der Waals surface area contributed by atoms with E-state index in [4.69, 9.17) is 5.21 Å². The summed E-state index contributed by atoms with van der Waals surface area (Å²) in [7, 11) is 0. The minimum Gasteiger partial charge on any atom is -0.410 e. The molecule has 0 aromatic heterocycles. The molecule has 0 saturated carbocycles. The van der Waals surface area contributed by atoms with E-state index in [1.807, 2.05) is 24.3 Å². The van der Waals surface area contributed by atoms with E-state index in [9.17, 15) is 4.79 Å². The van der Waals surface area contributed by atoms with E-state index < -0.39 is 5.91 Å². The Morgan fingerprint density at radius 3 is 2.14 bits per heavy atom. The van der Waals surface area contributed by atoms with Crippen LogP contribution in [0.3, 0.4) is 0 Å². The zero-order valence-electron chi connectivity index (χ0n) is 11.5. The first kappa shape index (κ1) is 14.5. The largest absolute Gasteiger partial charge is 0.410 e. The number of para-hydroxylation sites is 2. The SMILES string of the molecule is CC(=Nc1ccccc1)/C(=N/O)C(=O)Nc1ccccc1. The zero-order chi connectivity index (χ0) is 15.1. The fourth-order valence-corrected chi connectivity index (χ4v) is 1.74. The number of nitrogens with one attached hydrogen (secondary N) is 1. The van der Waals surface area contributed by atoms with Gasteiger partial charge in [-0.2, -0.15) is 0 Å². The average Bonchev–Trinajstić information content (AvgIpc) is 2.50. The Balaban J connectivity index is 2.16. The Labute approximate surface area is 122 Å². The zero-order valence-corrected chi connectivity index (χ0v) is 11.5. The Morgan fingerprint density at radius 1 is 1.00 bits per heavy atom. The van der Waals surface area contributed by atoms with Gasteiger partial charge in [0.05, 0.1) is 11.4 Å². The fraction of sp³-hybridized carbons (Fsp3) is 0.0625. The van der Waals surface area contributed by atoms with Gasteiger partial charge < -0.3 is 10.5 Å². The third kappa shape index (κ3) is 4.01. The van der Waals surface area contributed by atoms with Gasteiger partial charge in [0, 0.05) is 5.69 Å². The van der Waals surface area contributed by atoms with Crippen LogP contribution in [0.25, 0.3) is 0 Å². The second kappa shape index (κ2) is 7.00. The van der Waals surface area contributed by atoms with Gasteiger partial charge in [-0.15, -0.1) is 0 Å². The van der Waals surface area contributed by atoms with Gasteiger partial charge in [-0.1, -0.05) is 41.6 Å². The van der Waals surface area contributed by atoms with Crippen LogP contribution in [-0.4, -0.2) is 22.5 Å². The van der Waals surface area contributed by atoms with Crippen molar-refractivity contribution >= 4 is 28.7 Å². The Kier molecular flexibility index (Phi) is 4.82. The Bertz CT molecular complexity index is 664. The molecule has 106 valence electrons. The first-order valence-electron chi connectivity index (χ1n) is 6.40. The number of amides is 1. The second-order valence-corrected chi connectivity index (χ2v) is 4.30. The maximum atomic E-state index is 12.1. The van der Waals surface area contributed by atoms with Crippen molar-refractivity contribution in [3.05, 3.63) is 60.7 Å². The highest BCUT2D eigenvalue weighted by Gasteiger charge is 2.16. The molecule has 0 aliphatic heterocycles. The van der Waals surface area contributed by atoms with Gasteiger partial charge >= 0.3 is 0 Å². The van der Waals surface area contributed by atoms with Crippen molar-refractivity contribution in [2.45, 2.75) is 6.92 Å². The summed E-state index contributed by atoms with van der Waals surface area (Å²) in [5.74, 6) is -0.513. The van der Waals surface area contributed by atoms with E-state index in [0.717, 1.165) is 0 Å². The number of aliphatic imine (C=N–C) groups is 1. The van der Waals surface area contributed by atoms with Crippen LogP contribution in [0.5, 0.6) is 0 Å². The molecule has 0 spiro atoms. The summed E-state index contributed by atoms with van der Waals surface area (Å²) < 4.78 is 0. The molecule has 0 saturated heterocycles. The van der Waals surface area contributed by atoms with Crippen LogP contribution in [0.15, 0.2) is 70.8 Å². The summed E-state index contributed by atoms with van der Waals surface area (Å²) in [5.41, 5.74) is 1.51. The molecular weight excluding hydrogens is 266 g/mol. The van der Waals surface area contributed by atoms with Gasteiger partial charge in [-0.05, 0) is 31.2 Å². The van der Waals surface area contributed by atoms with Gasteiger partial charge in [0.25, 0.3) is 5.91 Å². The minimum absolute atomic E-state index is 0.122. The molecule has 2 N–H and O–H groups in total. The van der Waals surface area contributed by atoms with Gasteiger partial charge in [0.15, 0.2) is 5.71 Å². The molecule has 0 bridgehead atoms. The maximum absolute atomic E-state index is 12.1. The first-order valence-corrected chi connectivity index (χ1v) is 6.40. The Hall–Kier alpha value is -2.95. The van der Waals surface area contributed by atoms with E-state index in [2.05, 4.69) is 15.5 Å². The quantitative estimate of drug-likeness (QED) is 0.513. The third-order valence-electron chi connectivity index (χ3n) is 2.74. The van der Waals surface area contributed by atoms with Crippen LogP contribution in [0.2, 0.25) is 0 Å². The molecule has 2 aromatic carbocycles. The number of nitrogens with zero attached hydrogens (tertiary/aromatic N) is 2. The average molecular weight is 281 g/mol. The number of benzene rings is 2. The van der Waals surface area contributed by atoms with E-state index in [0.29, 0.717) is 17.1 Å². The van der Waals surface area contributed by atoms with Crippen molar-refractivity contribution in [1.29, 1.82) is 0 Å². The molecule has 0 heterocycles. The van der Waals surface area contributed by atoms with Crippen LogP contribution in [-0.2, 0) is 4.79 Å². The molecule has 0 aliphatic carbocycles.